The maximum absolute atomic E-state index is 6.06. The van der Waals surface area contributed by atoms with E-state index in [2.05, 4.69) is 159 Å². The minimum atomic E-state index is -1.85. The van der Waals surface area contributed by atoms with Crippen molar-refractivity contribution in [1.82, 2.24) is 14.5 Å². The molecule has 54 heavy (non-hydrogen) atoms. The number of hydrogen-bond donors (Lipinski definition) is 0. The van der Waals surface area contributed by atoms with E-state index in [0.717, 1.165) is 55.6 Å². The first kappa shape index (κ1) is 39.4. The number of furan rings is 1. The molecule has 0 unspecified atom stereocenters. The van der Waals surface area contributed by atoms with Crippen molar-refractivity contribution >= 4 is 50.6 Å². The first-order valence-electron chi connectivity index (χ1n) is 18.8. The van der Waals surface area contributed by atoms with Gasteiger partial charge < -0.3 is 8.98 Å². The molecule has 6 heteroatoms. The van der Waals surface area contributed by atoms with E-state index < -0.39 is 13.3 Å². The van der Waals surface area contributed by atoms with Gasteiger partial charge in [-0.05, 0) is 41.2 Å². The van der Waals surface area contributed by atoms with Crippen molar-refractivity contribution < 1.29 is 24.5 Å². The fourth-order valence-electron chi connectivity index (χ4n) is 7.28. The van der Waals surface area contributed by atoms with Crippen molar-refractivity contribution in [2.24, 2.45) is 0 Å². The van der Waals surface area contributed by atoms with Crippen LogP contribution in [0, 0.1) is 12.1 Å². The molecule has 8 rings (SSSR count). The quantitative estimate of drug-likeness (QED) is 0.118. The molecule has 0 fully saturated rings. The number of aromatic nitrogens is 3. The Morgan fingerprint density at radius 1 is 0.648 bits per heavy atom. The van der Waals surface area contributed by atoms with Gasteiger partial charge in [0, 0.05) is 31.2 Å². The van der Waals surface area contributed by atoms with Crippen LogP contribution in [-0.4, -0.2) is 27.8 Å². The van der Waals surface area contributed by atoms with Gasteiger partial charge >= 0.3 is 119 Å². The molecule has 1 radical (unpaired) electrons. The zero-order valence-electron chi connectivity index (χ0n) is 32.8. The van der Waals surface area contributed by atoms with E-state index >= 15 is 0 Å². The van der Waals surface area contributed by atoms with Gasteiger partial charge in [0.2, 0.25) is 0 Å². The van der Waals surface area contributed by atoms with Gasteiger partial charge in [-0.15, -0.1) is 23.8 Å². The third-order valence-electron chi connectivity index (χ3n) is 10.0. The predicted molar refractivity (Wildman–Crippen MR) is 226 cm³/mol. The van der Waals surface area contributed by atoms with Crippen LogP contribution < -0.4 is 4.40 Å². The number of pyridine rings is 1. The van der Waals surface area contributed by atoms with Crippen molar-refractivity contribution in [2.75, 3.05) is 0 Å². The molecule has 3 heterocycles. The fraction of sp³-hybridized carbons (Fsp3) is 0.250. The molecule has 0 bridgehead atoms. The van der Waals surface area contributed by atoms with Gasteiger partial charge in [-0.2, -0.15) is 0 Å². The number of benzene rings is 5. The first-order valence-corrected chi connectivity index (χ1v) is 26.2. The normalized spacial score (nSPS) is 11.8. The molecule has 0 saturated carbocycles. The molecule has 0 aliphatic rings. The summed E-state index contributed by atoms with van der Waals surface area (Å²) in [6.07, 6.45) is 2.12. The average molecular weight is 949 g/mol. The van der Waals surface area contributed by atoms with Crippen molar-refractivity contribution in [2.45, 2.75) is 76.6 Å². The van der Waals surface area contributed by atoms with Crippen LogP contribution in [0.1, 0.15) is 76.0 Å². The van der Waals surface area contributed by atoms with Crippen molar-refractivity contribution in [3.8, 4) is 28.3 Å². The molecule has 0 spiro atoms. The van der Waals surface area contributed by atoms with Gasteiger partial charge in [0.05, 0.1) is 22.4 Å². The largest absolute Gasteiger partial charge is 0.500 e. The number of fused-ring (bicyclic) bond motifs is 4. The number of rotatable bonds is 7. The Balaban J connectivity index is 0.000000213. The zero-order valence-corrected chi connectivity index (χ0v) is 37.3. The maximum Gasteiger partial charge on any atom is 0.120 e. The topological polar surface area (TPSA) is 43.9 Å². The van der Waals surface area contributed by atoms with Crippen LogP contribution in [0.25, 0.3) is 61.3 Å². The second-order valence-electron chi connectivity index (χ2n) is 15.9. The molecule has 5 aromatic carbocycles. The van der Waals surface area contributed by atoms with Crippen LogP contribution in [-0.2, 0) is 20.1 Å². The summed E-state index contributed by atoms with van der Waals surface area (Å²) in [5, 5.41) is 2.20. The molecule has 8 aromatic rings. The second-order valence-corrected chi connectivity index (χ2v) is 26.5. The van der Waals surface area contributed by atoms with Gasteiger partial charge in [0.15, 0.2) is 0 Å². The van der Waals surface area contributed by atoms with Gasteiger partial charge in [0.1, 0.15) is 5.58 Å². The Morgan fingerprint density at radius 2 is 1.31 bits per heavy atom. The van der Waals surface area contributed by atoms with Crippen LogP contribution in [0.5, 0.6) is 0 Å². The summed E-state index contributed by atoms with van der Waals surface area (Å²) in [6.45, 7) is 13.6. The number of imidazole rings is 1. The van der Waals surface area contributed by atoms with E-state index in [1.165, 1.54) is 26.8 Å². The Labute approximate surface area is 336 Å². The molecule has 4 nitrogen and oxygen atoms in total. The van der Waals surface area contributed by atoms with Crippen LogP contribution in [0.2, 0.25) is 17.3 Å². The molecule has 3 aromatic heterocycles. The third-order valence-corrected chi connectivity index (χ3v) is 14.3. The Kier molecular flexibility index (Phi) is 11.8. The monoisotopic (exact) mass is 950 g/mol. The van der Waals surface area contributed by atoms with Crippen LogP contribution in [0.3, 0.4) is 0 Å². The summed E-state index contributed by atoms with van der Waals surface area (Å²) >= 11 is -1.85. The fourth-order valence-corrected chi connectivity index (χ4v) is 10.8. The van der Waals surface area contributed by atoms with Gasteiger partial charge in [-0.1, -0.05) is 81.6 Å². The Hall–Kier alpha value is -4.29. The molecule has 0 amide bonds. The Bertz CT molecular complexity index is 2510. The van der Waals surface area contributed by atoms with E-state index in [0.29, 0.717) is 17.8 Å². The van der Waals surface area contributed by atoms with Gasteiger partial charge in [-0.3, -0.25) is 4.98 Å². The standard InChI is InChI=1S/C31H27N2O.C17H22GeN.Ir/c1-19(2)22-11-9-12-23(20(3)4)30(22)33-27-14-7-6-13-26(27)32-31(33)21-16-17-29-25(18-21)24-10-5-8-15-28(24)34-29;1-13(2)15-11-17(14-9-7-6-8-10-14)19-12-16(15)18(3,4)5;/h5-15,17-20H,1-4H3;6-9,11-13H,1-5H3;/q2*-1;. The maximum atomic E-state index is 6.06. The molecule has 0 aliphatic heterocycles. The zero-order chi connectivity index (χ0) is 37.4. The van der Waals surface area contributed by atoms with Gasteiger partial charge in [0.25, 0.3) is 0 Å². The van der Waals surface area contributed by atoms with E-state index in [9.17, 15) is 0 Å². The molecule has 0 atom stereocenters. The average Bonchev–Trinajstić information content (AvgIpc) is 3.73. The number of nitrogens with zero attached hydrogens (tertiary/aromatic N) is 3. The van der Waals surface area contributed by atoms with Gasteiger partial charge in [-0.25, -0.2) is 0 Å². The minimum Gasteiger partial charge on any atom is -0.500 e. The van der Waals surface area contributed by atoms with E-state index in [1.807, 2.05) is 36.4 Å². The van der Waals surface area contributed by atoms with Crippen LogP contribution >= 0.6 is 0 Å². The van der Waals surface area contributed by atoms with E-state index in [-0.39, 0.29) is 20.1 Å². The molecule has 277 valence electrons. The number of hydrogen-bond acceptors (Lipinski definition) is 3. The summed E-state index contributed by atoms with van der Waals surface area (Å²) in [6, 6.07) is 44.4. The minimum absolute atomic E-state index is 0. The molecular weight excluding hydrogens is 899 g/mol. The summed E-state index contributed by atoms with van der Waals surface area (Å²) in [5.74, 6) is 9.50. The first-order chi connectivity index (χ1) is 25.4. The summed E-state index contributed by atoms with van der Waals surface area (Å²) in [7, 11) is 0. The SMILES string of the molecule is CC(C)c1cc(-c2[c-]cccc2)nc[c]1[Ge]([CH3])([CH3])[CH3].CC(C)c1cccc(C(C)C)c1-n1c(-c2[c-]cc3oc4ccccc4c3c2)nc2ccccc21.[Ir]. The number of para-hydroxylation sites is 4. The molecule has 0 aliphatic carbocycles. The molecular formula is C48H49GeIrN3O-2. The second kappa shape index (κ2) is 16.2. The van der Waals surface area contributed by atoms with Crippen molar-refractivity contribution in [3.63, 3.8) is 0 Å². The Morgan fingerprint density at radius 3 is 1.98 bits per heavy atom. The summed E-state index contributed by atoms with van der Waals surface area (Å²) in [4.78, 5) is 9.81. The molecule has 0 saturated heterocycles. The summed E-state index contributed by atoms with van der Waals surface area (Å²) < 4.78 is 9.93. The van der Waals surface area contributed by atoms with Crippen LogP contribution in [0.4, 0.5) is 0 Å². The van der Waals surface area contributed by atoms with E-state index in [4.69, 9.17) is 9.40 Å². The molecule has 0 N–H and O–H groups in total. The third kappa shape index (κ3) is 7.78. The van der Waals surface area contributed by atoms with Crippen molar-refractivity contribution in [1.29, 1.82) is 0 Å². The van der Waals surface area contributed by atoms with E-state index in [1.54, 1.807) is 0 Å². The van der Waals surface area contributed by atoms with Crippen molar-refractivity contribution in [3.05, 3.63) is 144 Å². The predicted octanol–water partition coefficient (Wildman–Crippen LogP) is 12.9. The summed E-state index contributed by atoms with van der Waals surface area (Å²) in [5.41, 5.74) is 12.3. The van der Waals surface area contributed by atoms with Crippen LogP contribution in [0.15, 0.2) is 120 Å². The smallest absolute Gasteiger partial charge is 0.120 e.